The van der Waals surface area contributed by atoms with Gasteiger partial charge in [0, 0.05) is 10.0 Å². The van der Waals surface area contributed by atoms with E-state index in [9.17, 15) is 4.79 Å². The molecule has 0 fully saturated rings. The lowest BCUT2D eigenvalue weighted by Gasteiger charge is -2.02. The van der Waals surface area contributed by atoms with Gasteiger partial charge in [0.1, 0.15) is 11.9 Å². The van der Waals surface area contributed by atoms with Gasteiger partial charge in [-0.1, -0.05) is 11.6 Å². The Labute approximate surface area is 101 Å². The topological polar surface area (TPSA) is 41.5 Å². The number of rotatable bonds is 1. The summed E-state index contributed by atoms with van der Waals surface area (Å²) in [6.07, 6.45) is 0. The molecule has 1 amide bonds. The molecule has 3 nitrogen and oxygen atoms in total. The number of hydrogen-bond donors (Lipinski definition) is 1. The van der Waals surface area contributed by atoms with E-state index >= 15 is 0 Å². The lowest BCUT2D eigenvalue weighted by Crippen LogP contribution is -2.27. The molecule has 1 heterocycles. The van der Waals surface area contributed by atoms with Crippen molar-refractivity contribution in [3.63, 3.8) is 0 Å². The Morgan fingerprint density at radius 2 is 2.27 bits per heavy atom. The second-order valence-corrected chi connectivity index (χ2v) is 4.53. The molecule has 1 aromatic carbocycles. The molecule has 2 rings (SSSR count). The third kappa shape index (κ3) is 2.06. The van der Waals surface area contributed by atoms with Gasteiger partial charge in [-0.3, -0.25) is 9.79 Å². The summed E-state index contributed by atoms with van der Waals surface area (Å²) in [6, 6.07) is 5.11. The monoisotopic (exact) mass is 286 g/mol. The van der Waals surface area contributed by atoms with Crippen LogP contribution in [-0.4, -0.2) is 17.8 Å². The van der Waals surface area contributed by atoms with Gasteiger partial charge in [0.05, 0.1) is 5.02 Å². The molecule has 1 atom stereocenters. The van der Waals surface area contributed by atoms with Crippen LogP contribution in [0, 0.1) is 0 Å². The summed E-state index contributed by atoms with van der Waals surface area (Å²) in [7, 11) is 0. The van der Waals surface area contributed by atoms with E-state index in [1.165, 1.54) is 0 Å². The predicted octanol–water partition coefficient (Wildman–Crippen LogP) is 2.37. The minimum absolute atomic E-state index is 0.0731. The maximum absolute atomic E-state index is 11.2. The molecule has 78 valence electrons. The van der Waals surface area contributed by atoms with Gasteiger partial charge in [-0.2, -0.15) is 0 Å². The number of carbonyl (C=O) groups excluding carboxylic acids is 1. The maximum atomic E-state index is 11.2. The van der Waals surface area contributed by atoms with Crippen LogP contribution in [0.5, 0.6) is 0 Å². The van der Waals surface area contributed by atoms with Crippen LogP contribution in [0.1, 0.15) is 12.5 Å². The largest absolute Gasteiger partial charge is 0.309 e. The molecule has 1 aliphatic heterocycles. The highest BCUT2D eigenvalue weighted by atomic mass is 79.9. The van der Waals surface area contributed by atoms with Crippen molar-refractivity contribution in [2.75, 3.05) is 0 Å². The molecule has 0 bridgehead atoms. The number of carbonyl (C=O) groups is 1. The second-order valence-electron chi connectivity index (χ2n) is 3.27. The highest BCUT2D eigenvalue weighted by Crippen LogP contribution is 2.23. The molecule has 1 aliphatic rings. The molecule has 0 radical (unpaired) electrons. The molecule has 1 aromatic rings. The lowest BCUT2D eigenvalue weighted by molar-refractivity contribution is -0.119. The fourth-order valence-electron chi connectivity index (χ4n) is 1.30. The van der Waals surface area contributed by atoms with E-state index in [0.29, 0.717) is 10.9 Å². The van der Waals surface area contributed by atoms with Crippen LogP contribution in [0.15, 0.2) is 27.7 Å². The summed E-state index contributed by atoms with van der Waals surface area (Å²) < 4.78 is 0.790. The summed E-state index contributed by atoms with van der Waals surface area (Å²) >= 11 is 9.19. The van der Waals surface area contributed by atoms with Crippen molar-refractivity contribution >= 4 is 39.3 Å². The fraction of sp³-hybridized carbons (Fsp3) is 0.200. The van der Waals surface area contributed by atoms with E-state index in [1.54, 1.807) is 13.0 Å². The van der Waals surface area contributed by atoms with Gasteiger partial charge < -0.3 is 5.32 Å². The predicted molar refractivity (Wildman–Crippen MR) is 63.3 cm³/mol. The van der Waals surface area contributed by atoms with Crippen LogP contribution in [-0.2, 0) is 4.79 Å². The van der Waals surface area contributed by atoms with Gasteiger partial charge in [0.15, 0.2) is 0 Å². The Morgan fingerprint density at radius 1 is 1.53 bits per heavy atom. The summed E-state index contributed by atoms with van der Waals surface area (Å²) in [5.74, 6) is 0.529. The summed E-state index contributed by atoms with van der Waals surface area (Å²) in [4.78, 5) is 15.4. The number of amidine groups is 1. The molecular formula is C10H8BrClN2O. The van der Waals surface area contributed by atoms with Gasteiger partial charge in [-0.15, -0.1) is 0 Å². The van der Waals surface area contributed by atoms with Crippen molar-refractivity contribution in [2.45, 2.75) is 13.0 Å². The van der Waals surface area contributed by atoms with E-state index in [-0.39, 0.29) is 11.9 Å². The quantitative estimate of drug-likeness (QED) is 0.846. The third-order valence-corrected chi connectivity index (χ3v) is 3.35. The van der Waals surface area contributed by atoms with Crippen LogP contribution in [0.3, 0.4) is 0 Å². The smallest absolute Gasteiger partial charge is 0.250 e. The van der Waals surface area contributed by atoms with Crippen molar-refractivity contribution in [3.05, 3.63) is 33.3 Å². The van der Waals surface area contributed by atoms with E-state index in [2.05, 4.69) is 26.2 Å². The highest BCUT2D eigenvalue weighted by molar-refractivity contribution is 9.10. The summed E-state index contributed by atoms with van der Waals surface area (Å²) in [5, 5.41) is 3.35. The van der Waals surface area contributed by atoms with Crippen LogP contribution in [0.25, 0.3) is 0 Å². The minimum Gasteiger partial charge on any atom is -0.309 e. The Kier molecular flexibility index (Phi) is 2.80. The molecule has 15 heavy (non-hydrogen) atoms. The molecule has 1 N–H and O–H groups in total. The Hall–Kier alpha value is -0.870. The van der Waals surface area contributed by atoms with Gasteiger partial charge in [-0.05, 0) is 41.1 Å². The summed E-state index contributed by atoms with van der Waals surface area (Å²) in [6.45, 7) is 1.76. The van der Waals surface area contributed by atoms with Crippen LogP contribution in [0.2, 0.25) is 5.02 Å². The number of amides is 1. The number of hydrogen-bond acceptors (Lipinski definition) is 2. The highest BCUT2D eigenvalue weighted by Gasteiger charge is 2.22. The zero-order valence-electron chi connectivity index (χ0n) is 7.92. The van der Waals surface area contributed by atoms with Gasteiger partial charge >= 0.3 is 0 Å². The third-order valence-electron chi connectivity index (χ3n) is 2.14. The zero-order valence-corrected chi connectivity index (χ0v) is 10.3. The SMILES string of the molecule is CC1N=C(c2ccc(Cl)c(Br)c2)NC1=O. The molecule has 5 heteroatoms. The summed E-state index contributed by atoms with van der Waals surface area (Å²) in [5.41, 5.74) is 0.851. The molecule has 0 spiro atoms. The Bertz CT molecular complexity index is 459. The van der Waals surface area contributed by atoms with Gasteiger partial charge in [-0.25, -0.2) is 0 Å². The fourth-order valence-corrected chi connectivity index (χ4v) is 1.79. The van der Waals surface area contributed by atoms with Gasteiger partial charge in [0.25, 0.3) is 0 Å². The lowest BCUT2D eigenvalue weighted by atomic mass is 10.2. The number of nitrogens with one attached hydrogen (secondary N) is 1. The van der Waals surface area contributed by atoms with E-state index in [4.69, 9.17) is 11.6 Å². The van der Waals surface area contributed by atoms with Gasteiger partial charge in [0.2, 0.25) is 5.91 Å². The number of nitrogens with zero attached hydrogens (tertiary/aromatic N) is 1. The normalized spacial score (nSPS) is 20.1. The van der Waals surface area contributed by atoms with Crippen LogP contribution < -0.4 is 5.32 Å². The Balaban J connectivity index is 2.35. The van der Waals surface area contributed by atoms with Crippen molar-refractivity contribution in [2.24, 2.45) is 4.99 Å². The van der Waals surface area contributed by atoms with Crippen molar-refractivity contribution in [1.29, 1.82) is 0 Å². The van der Waals surface area contributed by atoms with E-state index < -0.39 is 0 Å². The van der Waals surface area contributed by atoms with Crippen LogP contribution in [0.4, 0.5) is 0 Å². The number of halogens is 2. The van der Waals surface area contributed by atoms with Crippen molar-refractivity contribution in [3.8, 4) is 0 Å². The van der Waals surface area contributed by atoms with Crippen LogP contribution >= 0.6 is 27.5 Å². The molecule has 1 unspecified atom stereocenters. The average Bonchev–Trinajstić information content (AvgIpc) is 2.52. The molecule has 0 aromatic heterocycles. The standard InChI is InChI=1S/C10H8BrClN2O/c1-5-10(15)14-9(13-5)6-2-3-8(12)7(11)4-6/h2-5H,1H3,(H,13,14,15). The molecular weight excluding hydrogens is 279 g/mol. The Morgan fingerprint density at radius 3 is 2.80 bits per heavy atom. The molecule has 0 saturated carbocycles. The number of aliphatic imine (C=N–C) groups is 1. The number of benzene rings is 1. The maximum Gasteiger partial charge on any atom is 0.250 e. The van der Waals surface area contributed by atoms with E-state index in [1.807, 2.05) is 12.1 Å². The van der Waals surface area contributed by atoms with Crippen molar-refractivity contribution < 1.29 is 4.79 Å². The molecule has 0 aliphatic carbocycles. The zero-order chi connectivity index (χ0) is 11.0. The average molecular weight is 288 g/mol. The first-order chi connectivity index (χ1) is 7.08. The van der Waals surface area contributed by atoms with Crippen molar-refractivity contribution in [1.82, 2.24) is 5.32 Å². The molecule has 0 saturated heterocycles. The first-order valence-corrected chi connectivity index (χ1v) is 5.59. The first kappa shape index (κ1) is 10.6. The first-order valence-electron chi connectivity index (χ1n) is 4.42. The minimum atomic E-state index is -0.311. The van der Waals surface area contributed by atoms with E-state index in [0.717, 1.165) is 10.0 Å². The second kappa shape index (κ2) is 3.94.